The molecule has 1 aliphatic heterocycles. The average molecular weight is 393 g/mol. The number of amides is 2. The highest BCUT2D eigenvalue weighted by atomic mass is 32.1. The van der Waals surface area contributed by atoms with Gasteiger partial charge in [0.05, 0.1) is 12.5 Å². The molecule has 0 radical (unpaired) electrons. The number of aryl methyl sites for hydroxylation is 1. The van der Waals surface area contributed by atoms with Gasteiger partial charge in [0.1, 0.15) is 11.5 Å². The molecule has 28 heavy (non-hydrogen) atoms. The van der Waals surface area contributed by atoms with Gasteiger partial charge in [0, 0.05) is 18.5 Å². The molecule has 0 saturated carbocycles. The molecule has 4 rings (SSSR count). The fourth-order valence-corrected chi connectivity index (χ4v) is 3.99. The monoisotopic (exact) mass is 393 g/mol. The zero-order valence-electron chi connectivity index (χ0n) is 15.5. The Kier molecular flexibility index (Phi) is 4.83. The minimum atomic E-state index is -0.342. The van der Waals surface area contributed by atoms with Crippen LogP contribution in [0.5, 0.6) is 0 Å². The first kappa shape index (κ1) is 18.2. The van der Waals surface area contributed by atoms with E-state index in [4.69, 9.17) is 4.42 Å². The van der Waals surface area contributed by atoms with E-state index >= 15 is 0 Å². The second kappa shape index (κ2) is 7.44. The first-order chi connectivity index (χ1) is 13.5. The van der Waals surface area contributed by atoms with Gasteiger partial charge < -0.3 is 14.6 Å². The molecule has 1 N–H and O–H groups in total. The highest BCUT2D eigenvalue weighted by Gasteiger charge is 2.28. The normalized spacial score (nSPS) is 15.4. The van der Waals surface area contributed by atoms with Crippen molar-refractivity contribution in [2.75, 3.05) is 5.32 Å². The molecule has 0 spiro atoms. The number of carbonyl (C=O) groups excluding carboxylic acids is 2. The highest BCUT2D eigenvalue weighted by molar-refractivity contribution is 7.14. The van der Waals surface area contributed by atoms with Gasteiger partial charge in [0.15, 0.2) is 10.9 Å². The molecule has 1 aliphatic rings. The van der Waals surface area contributed by atoms with E-state index in [1.54, 1.807) is 11.1 Å². The first-order valence-corrected chi connectivity index (χ1v) is 9.77. The third-order valence-corrected chi connectivity index (χ3v) is 5.35. The van der Waals surface area contributed by atoms with Gasteiger partial charge in [-0.1, -0.05) is 24.3 Å². The van der Waals surface area contributed by atoms with Crippen molar-refractivity contribution in [1.29, 1.82) is 0 Å². The zero-order chi connectivity index (χ0) is 19.7. The number of nitrogens with zero attached hydrogens (tertiary/aromatic N) is 2. The number of aromatic nitrogens is 1. The van der Waals surface area contributed by atoms with Crippen LogP contribution in [0.4, 0.5) is 5.13 Å². The molecule has 0 saturated heterocycles. The van der Waals surface area contributed by atoms with Gasteiger partial charge in [-0.2, -0.15) is 0 Å². The topological polar surface area (TPSA) is 75.4 Å². The summed E-state index contributed by atoms with van der Waals surface area (Å²) in [6.45, 7) is 3.37. The minimum absolute atomic E-state index is 0.103. The fraction of sp³-hybridized carbons (Fsp3) is 0.190. The molecule has 0 aliphatic carbocycles. The number of furan rings is 1. The summed E-state index contributed by atoms with van der Waals surface area (Å²) >= 11 is 1.34. The van der Waals surface area contributed by atoms with Gasteiger partial charge in [-0.3, -0.25) is 9.59 Å². The summed E-state index contributed by atoms with van der Waals surface area (Å²) < 4.78 is 5.57. The summed E-state index contributed by atoms with van der Waals surface area (Å²) in [4.78, 5) is 30.7. The van der Waals surface area contributed by atoms with E-state index in [0.29, 0.717) is 16.6 Å². The molecular formula is C21H19N3O3S. The maximum absolute atomic E-state index is 12.7. The van der Waals surface area contributed by atoms with Gasteiger partial charge in [-0.15, -0.1) is 11.3 Å². The number of hydrogen-bond donors (Lipinski definition) is 1. The van der Waals surface area contributed by atoms with Crippen LogP contribution in [0.3, 0.4) is 0 Å². The van der Waals surface area contributed by atoms with Crippen molar-refractivity contribution >= 4 is 34.4 Å². The second-order valence-electron chi connectivity index (χ2n) is 6.59. The molecule has 142 valence electrons. The molecule has 3 heterocycles. The van der Waals surface area contributed by atoms with E-state index in [0.717, 1.165) is 16.9 Å². The van der Waals surface area contributed by atoms with Crippen LogP contribution in [0.2, 0.25) is 0 Å². The predicted molar refractivity (Wildman–Crippen MR) is 109 cm³/mol. The summed E-state index contributed by atoms with van der Waals surface area (Å²) in [6, 6.07) is 11.2. The average Bonchev–Trinajstić information content (AvgIpc) is 3.30. The van der Waals surface area contributed by atoms with Crippen molar-refractivity contribution < 1.29 is 14.0 Å². The first-order valence-electron chi connectivity index (χ1n) is 8.89. The summed E-state index contributed by atoms with van der Waals surface area (Å²) in [6.07, 6.45) is 3.78. The Labute approximate surface area is 166 Å². The number of carbonyl (C=O) groups is 2. The maximum atomic E-state index is 12.7. The second-order valence-corrected chi connectivity index (χ2v) is 7.45. The Hall–Kier alpha value is -3.19. The maximum Gasteiger partial charge on any atom is 0.228 e. The standard InChI is InChI=1S/C21H19N3O3S/c1-13-7-8-19(27-13)17-12-28-21(22-17)23-20(26)11-18-16-6-4-3-5-15(16)9-10-24(18)14(2)25/h3-10,12,18H,11H2,1-2H3,(H,22,23,26)/t18-/m1/s1. The highest BCUT2D eigenvalue weighted by Crippen LogP contribution is 2.33. The molecule has 7 heteroatoms. The Morgan fingerprint density at radius 3 is 2.82 bits per heavy atom. The number of thiazole rings is 1. The molecule has 6 nitrogen and oxygen atoms in total. The Bertz CT molecular complexity index is 1070. The molecule has 2 amide bonds. The Balaban J connectivity index is 1.50. The van der Waals surface area contributed by atoms with Crippen molar-refractivity contribution in [3.05, 3.63) is 64.9 Å². The molecule has 0 unspecified atom stereocenters. The van der Waals surface area contributed by atoms with Crippen molar-refractivity contribution in [2.24, 2.45) is 0 Å². The van der Waals surface area contributed by atoms with Crippen LogP contribution >= 0.6 is 11.3 Å². The number of anilines is 1. The van der Waals surface area contributed by atoms with Crippen LogP contribution in [-0.2, 0) is 9.59 Å². The molecule has 1 aromatic carbocycles. The molecular weight excluding hydrogens is 374 g/mol. The van der Waals surface area contributed by atoms with Crippen LogP contribution in [0.25, 0.3) is 17.5 Å². The van der Waals surface area contributed by atoms with Gasteiger partial charge in [0.25, 0.3) is 0 Å². The SMILES string of the molecule is CC(=O)N1C=Cc2ccccc2[C@H]1CC(=O)Nc1nc(-c2ccc(C)o2)cs1. The smallest absolute Gasteiger partial charge is 0.228 e. The summed E-state index contributed by atoms with van der Waals surface area (Å²) in [5, 5.41) is 5.19. The summed E-state index contributed by atoms with van der Waals surface area (Å²) in [5.74, 6) is 1.18. The number of fused-ring (bicyclic) bond motifs is 1. The third kappa shape index (κ3) is 3.61. The van der Waals surface area contributed by atoms with Crippen molar-refractivity contribution in [3.8, 4) is 11.5 Å². The van der Waals surface area contributed by atoms with Crippen LogP contribution in [0, 0.1) is 6.92 Å². The van der Waals surface area contributed by atoms with Crippen LogP contribution in [0.1, 0.15) is 36.3 Å². The quantitative estimate of drug-likeness (QED) is 0.702. The lowest BCUT2D eigenvalue weighted by Crippen LogP contribution is -2.33. The van der Waals surface area contributed by atoms with Crippen molar-refractivity contribution in [2.45, 2.75) is 26.3 Å². The van der Waals surface area contributed by atoms with Gasteiger partial charge >= 0.3 is 0 Å². The predicted octanol–water partition coefficient (Wildman–Crippen LogP) is 4.61. The van der Waals surface area contributed by atoms with Gasteiger partial charge in [0.2, 0.25) is 11.8 Å². The lowest BCUT2D eigenvalue weighted by molar-refractivity contribution is -0.129. The van der Waals surface area contributed by atoms with E-state index in [-0.39, 0.29) is 24.3 Å². The van der Waals surface area contributed by atoms with E-state index in [2.05, 4.69) is 10.3 Å². The van der Waals surface area contributed by atoms with Crippen LogP contribution < -0.4 is 5.32 Å². The van der Waals surface area contributed by atoms with Crippen molar-refractivity contribution in [3.63, 3.8) is 0 Å². The van der Waals surface area contributed by atoms with Crippen LogP contribution in [0.15, 0.2) is 52.4 Å². The lowest BCUT2D eigenvalue weighted by atomic mass is 9.93. The lowest BCUT2D eigenvalue weighted by Gasteiger charge is -2.32. The minimum Gasteiger partial charge on any atom is -0.460 e. The van der Waals surface area contributed by atoms with E-state index in [9.17, 15) is 9.59 Å². The Morgan fingerprint density at radius 2 is 2.07 bits per heavy atom. The largest absolute Gasteiger partial charge is 0.460 e. The number of nitrogens with one attached hydrogen (secondary N) is 1. The summed E-state index contributed by atoms with van der Waals surface area (Å²) in [5.41, 5.74) is 2.66. The number of benzene rings is 1. The molecule has 0 fully saturated rings. The fourth-order valence-electron chi connectivity index (χ4n) is 3.28. The van der Waals surface area contributed by atoms with E-state index in [1.165, 1.54) is 18.3 Å². The summed E-state index contributed by atoms with van der Waals surface area (Å²) in [7, 11) is 0. The Morgan fingerprint density at radius 1 is 1.25 bits per heavy atom. The number of rotatable bonds is 4. The van der Waals surface area contributed by atoms with E-state index in [1.807, 2.05) is 54.8 Å². The number of hydrogen-bond acceptors (Lipinski definition) is 5. The third-order valence-electron chi connectivity index (χ3n) is 4.59. The van der Waals surface area contributed by atoms with Crippen molar-refractivity contribution in [1.82, 2.24) is 9.88 Å². The molecule has 3 aromatic rings. The molecule has 0 bridgehead atoms. The molecule has 1 atom stereocenters. The van der Waals surface area contributed by atoms with Crippen LogP contribution in [-0.4, -0.2) is 21.7 Å². The molecule has 2 aromatic heterocycles. The zero-order valence-corrected chi connectivity index (χ0v) is 16.3. The van der Waals surface area contributed by atoms with E-state index < -0.39 is 0 Å². The van der Waals surface area contributed by atoms with Gasteiger partial charge in [-0.25, -0.2) is 4.98 Å². The van der Waals surface area contributed by atoms with Gasteiger partial charge in [-0.05, 0) is 36.3 Å².